The minimum absolute atomic E-state index is 0.00344. The number of anilines is 6. The van der Waals surface area contributed by atoms with Crippen LogP contribution in [0.5, 0.6) is 0 Å². The van der Waals surface area contributed by atoms with Crippen LogP contribution in [0.4, 0.5) is 34.1 Å². The number of nitrogens with zero attached hydrogens (tertiary/aromatic N) is 6. The van der Waals surface area contributed by atoms with Gasteiger partial charge in [-0.3, -0.25) is 0 Å². The van der Waals surface area contributed by atoms with Crippen LogP contribution in [-0.2, 0) is 16.2 Å². The average molecular weight is 1220 g/mol. The molecular formula is C86H70N6O2. The zero-order valence-corrected chi connectivity index (χ0v) is 53.8. The molecule has 0 aliphatic heterocycles. The minimum Gasteiger partial charge on any atom is -0.416 e. The number of para-hydroxylation sites is 4. The predicted octanol–water partition coefficient (Wildman–Crippen LogP) is 23.0. The summed E-state index contributed by atoms with van der Waals surface area (Å²) in [6.45, 7) is 15.7. The number of hydrogen-bond donors (Lipinski definition) is 0. The molecule has 8 heteroatoms. The van der Waals surface area contributed by atoms with Gasteiger partial charge in [-0.05, 0) is 217 Å². The molecule has 2 heterocycles. The predicted molar refractivity (Wildman–Crippen MR) is 384 cm³/mol. The minimum atomic E-state index is -0.797. The number of benzene rings is 12. The molecule has 0 amide bonds. The zero-order chi connectivity index (χ0) is 64.1. The van der Waals surface area contributed by atoms with Crippen LogP contribution in [0.15, 0.2) is 306 Å². The Morgan fingerprint density at radius 3 is 0.872 bits per heavy atom. The molecule has 2 aromatic heterocycles. The first-order chi connectivity index (χ1) is 45.7. The van der Waals surface area contributed by atoms with Crippen LogP contribution in [-0.4, -0.2) is 20.4 Å². The Bertz CT molecular complexity index is 4920. The quantitative estimate of drug-likeness (QED) is 0.106. The van der Waals surface area contributed by atoms with Crippen LogP contribution < -0.4 is 9.80 Å². The highest BCUT2D eigenvalue weighted by Gasteiger charge is 2.43. The summed E-state index contributed by atoms with van der Waals surface area (Å²) < 4.78 is 13.3. The van der Waals surface area contributed by atoms with Gasteiger partial charge in [0.25, 0.3) is 0 Å². The molecule has 0 fully saturated rings. The summed E-state index contributed by atoms with van der Waals surface area (Å²) in [7, 11) is 0. The van der Waals surface area contributed by atoms with Gasteiger partial charge in [-0.15, -0.1) is 20.4 Å². The van der Waals surface area contributed by atoms with E-state index in [1.54, 1.807) is 0 Å². The molecule has 1 unspecified atom stereocenters. The fourth-order valence-corrected chi connectivity index (χ4v) is 13.3. The highest BCUT2D eigenvalue weighted by Crippen LogP contribution is 2.57. The Balaban J connectivity index is 0.869. The second kappa shape index (κ2) is 24.0. The summed E-state index contributed by atoms with van der Waals surface area (Å²) >= 11 is 0. The lowest BCUT2D eigenvalue weighted by atomic mass is 9.70. The topological polar surface area (TPSA) is 84.3 Å². The van der Waals surface area contributed by atoms with Crippen molar-refractivity contribution in [3.63, 3.8) is 0 Å². The van der Waals surface area contributed by atoms with E-state index in [2.05, 4.69) is 366 Å². The van der Waals surface area contributed by atoms with E-state index in [9.17, 15) is 0 Å². The van der Waals surface area contributed by atoms with E-state index in [4.69, 9.17) is 19.0 Å². The van der Waals surface area contributed by atoms with Gasteiger partial charge in [-0.25, -0.2) is 0 Å². The van der Waals surface area contributed by atoms with Crippen molar-refractivity contribution in [2.45, 2.75) is 64.7 Å². The van der Waals surface area contributed by atoms with Crippen molar-refractivity contribution in [1.82, 2.24) is 20.4 Å². The number of fused-ring (bicyclic) bond motifs is 3. The normalized spacial score (nSPS) is 13.5. The van der Waals surface area contributed by atoms with E-state index < -0.39 is 5.41 Å². The van der Waals surface area contributed by atoms with Crippen LogP contribution in [0.1, 0.15) is 76.3 Å². The monoisotopic (exact) mass is 1220 g/mol. The number of hydrogen-bond acceptors (Lipinski definition) is 8. The molecule has 0 saturated heterocycles. The van der Waals surface area contributed by atoms with Crippen molar-refractivity contribution in [3.05, 3.63) is 325 Å². The van der Waals surface area contributed by atoms with Crippen molar-refractivity contribution in [2.75, 3.05) is 9.80 Å². The molecule has 14 aromatic rings. The molecule has 0 spiro atoms. The van der Waals surface area contributed by atoms with E-state index in [-0.39, 0.29) is 10.8 Å². The summed E-state index contributed by atoms with van der Waals surface area (Å²) in [4.78, 5) is 4.59. The van der Waals surface area contributed by atoms with Gasteiger partial charge >= 0.3 is 0 Å². The van der Waals surface area contributed by atoms with Gasteiger partial charge in [0.2, 0.25) is 23.6 Å². The lowest BCUT2D eigenvalue weighted by molar-refractivity contribution is 0.581. The summed E-state index contributed by atoms with van der Waals surface area (Å²) in [6, 6.07) is 106. The number of aromatic nitrogens is 4. The van der Waals surface area contributed by atoms with Crippen LogP contribution in [0, 0.1) is 0 Å². The highest BCUT2D eigenvalue weighted by atomic mass is 16.4. The molecule has 0 bridgehead atoms. The first kappa shape index (κ1) is 58.9. The molecule has 15 rings (SSSR count). The zero-order valence-electron chi connectivity index (χ0n) is 53.8. The first-order valence-electron chi connectivity index (χ1n) is 32.2. The van der Waals surface area contributed by atoms with Gasteiger partial charge in [-0.1, -0.05) is 211 Å². The number of rotatable bonds is 14. The Hall–Kier alpha value is -11.5. The van der Waals surface area contributed by atoms with Gasteiger partial charge < -0.3 is 18.6 Å². The molecule has 1 aliphatic carbocycles. The Kier molecular flexibility index (Phi) is 15.0. The van der Waals surface area contributed by atoms with E-state index in [1.807, 2.05) is 0 Å². The SMILES string of the molecule is CC(C)(C)c1ccc(-c2nnc(-c3ccc(-c4ccc(-c5ccc(N(c6ccccc6)c6ccccc6)cc5)cc4)c(C4(C)c5cc(-c6ccc(N(c7ccccc7)c7ccccc7)cc6)ccc5-c5ccc(-c6nnc(-c7ccc(C(C)(C)C)cc7)o6)cc54)c3)o2)cc1. The Morgan fingerprint density at radius 1 is 0.255 bits per heavy atom. The Labute approximate surface area is 550 Å². The molecule has 94 heavy (non-hydrogen) atoms. The molecule has 1 atom stereocenters. The van der Waals surface area contributed by atoms with Gasteiger partial charge in [0, 0.05) is 61.8 Å². The second-order valence-corrected chi connectivity index (χ2v) is 26.6. The second-order valence-electron chi connectivity index (χ2n) is 26.6. The fourth-order valence-electron chi connectivity index (χ4n) is 13.3. The smallest absolute Gasteiger partial charge is 0.248 e. The maximum absolute atomic E-state index is 6.70. The largest absolute Gasteiger partial charge is 0.416 e. The molecule has 0 N–H and O–H groups in total. The van der Waals surface area contributed by atoms with Crippen molar-refractivity contribution in [2.24, 2.45) is 0 Å². The van der Waals surface area contributed by atoms with Gasteiger partial charge in [0.1, 0.15) is 0 Å². The summed E-state index contributed by atoms with van der Waals surface area (Å²) in [6.07, 6.45) is 0. The van der Waals surface area contributed by atoms with Crippen molar-refractivity contribution >= 4 is 34.1 Å². The molecular weight excluding hydrogens is 1150 g/mol. The first-order valence-corrected chi connectivity index (χ1v) is 32.2. The molecule has 456 valence electrons. The van der Waals surface area contributed by atoms with Crippen LogP contribution in [0.3, 0.4) is 0 Å². The average Bonchev–Trinajstić information content (AvgIpc) is 1.53. The standard InChI is InChI=1S/C86H70N6O2/c1-84(2,3)66-43-32-61(33-44-66)80-87-89-82(93-80)64-41-51-74(60-30-28-57(29-31-60)58-36-47-72(48-37-58)91(68-20-12-8-13-21-68)69-22-14-9-15-23-69)77(55-64)86(7)78-54-63(59-38-49-73(50-39-59)92(70-24-16-10-17-25-70)71-26-18-11-19-27-71)40-52-75(78)76-53-42-65(56-79(76)86)83-90-88-81(94-83)62-34-45-67(46-35-62)85(4,5)6/h8-56H,1-7H3. The van der Waals surface area contributed by atoms with Crippen molar-refractivity contribution < 1.29 is 8.83 Å². The van der Waals surface area contributed by atoms with Crippen LogP contribution >= 0.6 is 0 Å². The van der Waals surface area contributed by atoms with Crippen molar-refractivity contribution in [3.8, 4) is 90.3 Å². The van der Waals surface area contributed by atoms with Gasteiger partial charge in [0.05, 0.1) is 0 Å². The fraction of sp³-hybridized carbons (Fsp3) is 0.116. The third-order valence-corrected chi connectivity index (χ3v) is 18.5. The van der Waals surface area contributed by atoms with E-state index >= 15 is 0 Å². The third-order valence-electron chi connectivity index (χ3n) is 18.5. The van der Waals surface area contributed by atoms with Crippen LogP contribution in [0.2, 0.25) is 0 Å². The van der Waals surface area contributed by atoms with E-state index in [0.717, 1.165) is 118 Å². The molecule has 12 aromatic carbocycles. The maximum atomic E-state index is 6.70. The summed E-state index contributed by atoms with van der Waals surface area (Å²) in [5, 5.41) is 18.8. The summed E-state index contributed by atoms with van der Waals surface area (Å²) in [5.74, 6) is 1.79. The lowest BCUT2D eigenvalue weighted by Crippen LogP contribution is -2.24. The highest BCUT2D eigenvalue weighted by molar-refractivity contribution is 5.91. The molecule has 8 nitrogen and oxygen atoms in total. The van der Waals surface area contributed by atoms with E-state index in [0.29, 0.717) is 23.6 Å². The van der Waals surface area contributed by atoms with Crippen LogP contribution in [0.25, 0.3) is 90.3 Å². The van der Waals surface area contributed by atoms with Gasteiger partial charge in [0.15, 0.2) is 0 Å². The molecule has 1 aliphatic rings. The van der Waals surface area contributed by atoms with Crippen molar-refractivity contribution in [1.29, 1.82) is 0 Å². The maximum Gasteiger partial charge on any atom is 0.248 e. The van der Waals surface area contributed by atoms with Gasteiger partial charge in [-0.2, -0.15) is 0 Å². The molecule has 0 saturated carbocycles. The Morgan fingerprint density at radius 2 is 0.511 bits per heavy atom. The lowest BCUT2D eigenvalue weighted by Gasteiger charge is -2.32. The molecule has 0 radical (unpaired) electrons. The summed E-state index contributed by atoms with van der Waals surface area (Å²) in [5.41, 5.74) is 23.6. The third kappa shape index (κ3) is 11.2. The van der Waals surface area contributed by atoms with E-state index in [1.165, 1.54) is 11.1 Å².